The smallest absolute Gasteiger partial charge is 0.337 e. The fraction of sp³-hybridized carbons (Fsp3) is 0.429. The number of carbonyl (C=O) groups is 2. The Morgan fingerprint density at radius 2 is 1.84 bits per heavy atom. The van der Waals surface area contributed by atoms with E-state index in [2.05, 4.69) is 10.1 Å². The van der Waals surface area contributed by atoms with Gasteiger partial charge in [0.15, 0.2) is 0 Å². The van der Waals surface area contributed by atoms with Crippen molar-refractivity contribution >= 4 is 11.9 Å². The van der Waals surface area contributed by atoms with E-state index >= 15 is 0 Å². The van der Waals surface area contributed by atoms with E-state index in [4.69, 9.17) is 5.11 Å². The molecule has 1 aliphatic carbocycles. The van der Waals surface area contributed by atoms with Crippen molar-refractivity contribution in [3.8, 4) is 0 Å². The lowest BCUT2D eigenvalue weighted by molar-refractivity contribution is 0.0600. The second-order valence-electron chi connectivity index (χ2n) is 4.91. The number of benzene rings is 1. The predicted molar refractivity (Wildman–Crippen MR) is 68.9 cm³/mol. The molecule has 5 nitrogen and oxygen atoms in total. The molecule has 1 saturated carbocycles. The van der Waals surface area contributed by atoms with Crippen molar-refractivity contribution in [2.75, 3.05) is 20.3 Å². The van der Waals surface area contributed by atoms with Crippen molar-refractivity contribution in [2.45, 2.75) is 12.8 Å². The van der Waals surface area contributed by atoms with Crippen LogP contribution in [0, 0.1) is 5.41 Å². The number of hydrogen-bond acceptors (Lipinski definition) is 4. The van der Waals surface area contributed by atoms with Crippen LogP contribution >= 0.6 is 0 Å². The Kier molecular flexibility index (Phi) is 3.85. The fourth-order valence-corrected chi connectivity index (χ4v) is 1.81. The summed E-state index contributed by atoms with van der Waals surface area (Å²) in [5, 5.41) is 12.0. The molecule has 102 valence electrons. The number of amides is 1. The molecule has 0 aliphatic heterocycles. The summed E-state index contributed by atoms with van der Waals surface area (Å²) in [5.74, 6) is -0.625. The van der Waals surface area contributed by atoms with Crippen LogP contribution in [0.4, 0.5) is 0 Å². The van der Waals surface area contributed by atoms with E-state index < -0.39 is 5.97 Å². The average molecular weight is 263 g/mol. The summed E-state index contributed by atoms with van der Waals surface area (Å²) in [5.41, 5.74) is 0.788. The fourth-order valence-electron chi connectivity index (χ4n) is 1.81. The molecule has 0 atom stereocenters. The number of esters is 1. The molecule has 1 aliphatic rings. The average Bonchev–Trinajstić information content (AvgIpc) is 3.25. The minimum Gasteiger partial charge on any atom is -0.465 e. The van der Waals surface area contributed by atoms with E-state index in [1.165, 1.54) is 7.11 Å². The van der Waals surface area contributed by atoms with Gasteiger partial charge in [0.05, 0.1) is 19.3 Å². The van der Waals surface area contributed by atoms with E-state index in [-0.39, 0.29) is 17.9 Å². The van der Waals surface area contributed by atoms with Crippen LogP contribution in [0.15, 0.2) is 24.3 Å². The van der Waals surface area contributed by atoms with Crippen molar-refractivity contribution in [1.82, 2.24) is 5.32 Å². The highest BCUT2D eigenvalue weighted by Gasteiger charge is 2.42. The molecule has 5 heteroatoms. The molecule has 2 rings (SSSR count). The van der Waals surface area contributed by atoms with Crippen molar-refractivity contribution in [3.05, 3.63) is 35.4 Å². The number of methoxy groups -OCH3 is 1. The first-order chi connectivity index (χ1) is 9.10. The Labute approximate surface area is 111 Å². The molecule has 1 aromatic rings. The molecule has 1 fully saturated rings. The minimum absolute atomic E-state index is 0.106. The minimum atomic E-state index is -0.427. The number of rotatable bonds is 5. The molecule has 19 heavy (non-hydrogen) atoms. The Balaban J connectivity index is 1.94. The normalized spacial score (nSPS) is 15.7. The van der Waals surface area contributed by atoms with Gasteiger partial charge < -0.3 is 15.2 Å². The molecule has 0 radical (unpaired) electrons. The standard InChI is InChI=1S/C14H17NO4/c1-19-13(18)11-4-2-10(3-5-11)12(17)15-8-14(9-16)6-7-14/h2-5,16H,6-9H2,1H3,(H,15,17). The van der Waals surface area contributed by atoms with Gasteiger partial charge in [0.25, 0.3) is 5.91 Å². The van der Waals surface area contributed by atoms with Crippen LogP contribution in [0.2, 0.25) is 0 Å². The number of carbonyl (C=O) groups excluding carboxylic acids is 2. The number of aliphatic hydroxyl groups is 1. The first-order valence-corrected chi connectivity index (χ1v) is 6.18. The summed E-state index contributed by atoms with van der Waals surface area (Å²) in [7, 11) is 1.31. The molecule has 0 heterocycles. The molecular formula is C14H17NO4. The van der Waals surface area contributed by atoms with Crippen molar-refractivity contribution in [1.29, 1.82) is 0 Å². The summed E-state index contributed by atoms with van der Waals surface area (Å²) in [4.78, 5) is 23.1. The molecule has 2 N–H and O–H groups in total. The lowest BCUT2D eigenvalue weighted by Crippen LogP contribution is -2.31. The Morgan fingerprint density at radius 3 is 2.32 bits per heavy atom. The SMILES string of the molecule is COC(=O)c1ccc(C(=O)NCC2(CO)CC2)cc1. The Morgan fingerprint density at radius 1 is 1.26 bits per heavy atom. The van der Waals surface area contributed by atoms with Crippen molar-refractivity contribution < 1.29 is 19.4 Å². The monoisotopic (exact) mass is 263 g/mol. The van der Waals surface area contributed by atoms with Crippen molar-refractivity contribution in [2.24, 2.45) is 5.41 Å². The molecule has 0 spiro atoms. The number of hydrogen-bond donors (Lipinski definition) is 2. The van der Waals surface area contributed by atoms with Crippen LogP contribution in [-0.4, -0.2) is 37.2 Å². The highest BCUT2D eigenvalue weighted by Crippen LogP contribution is 2.44. The maximum absolute atomic E-state index is 11.9. The quantitative estimate of drug-likeness (QED) is 0.776. The molecule has 1 aromatic carbocycles. The van der Waals surface area contributed by atoms with Gasteiger partial charge in [0, 0.05) is 17.5 Å². The number of ether oxygens (including phenoxy) is 1. The van der Waals surface area contributed by atoms with Crippen LogP contribution in [0.3, 0.4) is 0 Å². The van der Waals surface area contributed by atoms with Crippen LogP contribution in [0.5, 0.6) is 0 Å². The summed E-state index contributed by atoms with van der Waals surface area (Å²) >= 11 is 0. The largest absolute Gasteiger partial charge is 0.465 e. The third-order valence-corrected chi connectivity index (χ3v) is 3.48. The lowest BCUT2D eigenvalue weighted by Gasteiger charge is -2.12. The Hall–Kier alpha value is -1.88. The van der Waals surface area contributed by atoms with E-state index in [0.717, 1.165) is 12.8 Å². The van der Waals surface area contributed by atoms with Crippen molar-refractivity contribution in [3.63, 3.8) is 0 Å². The molecule has 0 saturated heterocycles. The van der Waals surface area contributed by atoms with Crippen LogP contribution in [0.25, 0.3) is 0 Å². The van der Waals surface area contributed by atoms with E-state index in [1.54, 1.807) is 24.3 Å². The third kappa shape index (κ3) is 3.12. The third-order valence-electron chi connectivity index (χ3n) is 3.48. The van der Waals surface area contributed by atoms with Gasteiger partial charge in [-0.15, -0.1) is 0 Å². The zero-order valence-electron chi connectivity index (χ0n) is 10.8. The van der Waals surface area contributed by atoms with Gasteiger partial charge in [0.2, 0.25) is 0 Å². The van der Waals surface area contributed by atoms with E-state index in [0.29, 0.717) is 17.7 Å². The second-order valence-corrected chi connectivity index (χ2v) is 4.91. The van der Waals surface area contributed by atoms with E-state index in [9.17, 15) is 9.59 Å². The maximum atomic E-state index is 11.9. The van der Waals surface area contributed by atoms with Crippen LogP contribution in [0.1, 0.15) is 33.6 Å². The van der Waals surface area contributed by atoms with E-state index in [1.807, 2.05) is 0 Å². The highest BCUT2D eigenvalue weighted by atomic mass is 16.5. The van der Waals surface area contributed by atoms with Gasteiger partial charge in [-0.05, 0) is 37.1 Å². The maximum Gasteiger partial charge on any atom is 0.337 e. The number of nitrogens with one attached hydrogen (secondary N) is 1. The molecular weight excluding hydrogens is 246 g/mol. The second kappa shape index (κ2) is 5.40. The van der Waals surface area contributed by atoms with Gasteiger partial charge >= 0.3 is 5.97 Å². The Bertz CT molecular complexity index is 477. The zero-order chi connectivity index (χ0) is 13.9. The molecule has 0 bridgehead atoms. The summed E-state index contributed by atoms with van der Waals surface area (Å²) in [6.45, 7) is 0.593. The first-order valence-electron chi connectivity index (χ1n) is 6.18. The van der Waals surface area contributed by atoms with Gasteiger partial charge in [0.1, 0.15) is 0 Å². The highest BCUT2D eigenvalue weighted by molar-refractivity contribution is 5.96. The van der Waals surface area contributed by atoms with Gasteiger partial charge in [-0.25, -0.2) is 4.79 Å². The summed E-state index contributed by atoms with van der Waals surface area (Å²) in [6.07, 6.45) is 1.90. The zero-order valence-corrected chi connectivity index (χ0v) is 10.8. The molecule has 0 unspecified atom stereocenters. The van der Waals surface area contributed by atoms with Gasteiger partial charge in [-0.2, -0.15) is 0 Å². The van der Waals surface area contributed by atoms with Gasteiger partial charge in [-0.1, -0.05) is 0 Å². The van der Waals surface area contributed by atoms with Crippen LogP contribution in [-0.2, 0) is 4.74 Å². The molecule has 1 amide bonds. The van der Waals surface area contributed by atoms with Crippen LogP contribution < -0.4 is 5.32 Å². The topological polar surface area (TPSA) is 75.6 Å². The summed E-state index contributed by atoms with van der Waals surface area (Å²) < 4.78 is 4.58. The van der Waals surface area contributed by atoms with Gasteiger partial charge in [-0.3, -0.25) is 4.79 Å². The molecule has 0 aromatic heterocycles. The summed E-state index contributed by atoms with van der Waals surface area (Å²) in [6, 6.07) is 6.28. The predicted octanol–water partition coefficient (Wildman–Crippen LogP) is 0.975. The number of aliphatic hydroxyl groups excluding tert-OH is 1. The first kappa shape index (κ1) is 13.5. The lowest BCUT2D eigenvalue weighted by atomic mass is 10.1.